The molecule has 122 heavy (non-hydrogen) atoms. The van der Waals surface area contributed by atoms with E-state index in [9.17, 15) is 49.0 Å². The van der Waals surface area contributed by atoms with Crippen LogP contribution < -0.4 is 41.3 Å². The second-order valence-corrected chi connectivity index (χ2v) is 34.1. The molecule has 5 heterocycles. The molecule has 8 aliphatic rings. The van der Waals surface area contributed by atoms with Crippen molar-refractivity contribution in [3.63, 3.8) is 0 Å². The van der Waals surface area contributed by atoms with Gasteiger partial charge in [0.05, 0.1) is 32.0 Å². The molecule has 26 nitrogen and oxygen atoms in total. The van der Waals surface area contributed by atoms with Crippen LogP contribution in [-0.4, -0.2) is 162 Å². The molecule has 7 aromatic rings. The van der Waals surface area contributed by atoms with Gasteiger partial charge in [0, 0.05) is 144 Å². The number of aliphatic hydroxyl groups is 1. The molecular formula is C93H127Cl2IN10O16. The highest BCUT2D eigenvalue weighted by Gasteiger charge is 2.34. The number of nitrogens with one attached hydrogen (secondary N) is 1. The first-order valence-electron chi connectivity index (χ1n) is 43.4. The van der Waals surface area contributed by atoms with Crippen molar-refractivity contribution >= 4 is 109 Å². The number of piperidine rings is 4. The number of hydrogen-bond donors (Lipinski definition) is 5. The molecule has 3 amide bonds. The fourth-order valence-electron chi connectivity index (χ4n) is 16.5. The minimum Gasteiger partial charge on any atom is -0.490 e. The minimum absolute atomic E-state index is 0. The van der Waals surface area contributed by atoms with Gasteiger partial charge in [-0.2, -0.15) is 0 Å². The van der Waals surface area contributed by atoms with Gasteiger partial charge in [-0.25, -0.2) is 9.78 Å². The van der Waals surface area contributed by atoms with Crippen LogP contribution in [0, 0.1) is 64.7 Å². The number of anilines is 2. The summed E-state index contributed by atoms with van der Waals surface area (Å²) in [5.74, 6) is 4.67. The number of carboxylic acid groups (broad SMARTS) is 1. The lowest BCUT2D eigenvalue weighted by Gasteiger charge is -2.35. The molecule has 6 aromatic carbocycles. The predicted molar refractivity (Wildman–Crippen MR) is 491 cm³/mol. The number of nitrogens with zero attached hydrogens (tertiary/aromatic N) is 7. The number of aromatic nitrogens is 2. The number of amides is 3. The van der Waals surface area contributed by atoms with Crippen molar-refractivity contribution in [3.8, 4) is 28.7 Å². The third-order valence-corrected chi connectivity index (χ3v) is 23.6. The van der Waals surface area contributed by atoms with Crippen molar-refractivity contribution in [1.82, 2.24) is 29.6 Å². The van der Waals surface area contributed by atoms with E-state index in [1.54, 1.807) is 47.0 Å². The fraction of sp³-hybridized carbons (Fsp3) is 0.538. The number of hydrogen-bond acceptors (Lipinski definition) is 19. The third kappa shape index (κ3) is 32.5. The lowest BCUT2D eigenvalue weighted by molar-refractivity contribution is -0.385. The highest BCUT2D eigenvalue weighted by Crippen LogP contribution is 2.33. The Morgan fingerprint density at radius 2 is 0.803 bits per heavy atom. The number of nitrogens with two attached hydrogens (primary N) is 2. The normalized spacial score (nSPS) is 17.5. The molecule has 666 valence electrons. The van der Waals surface area contributed by atoms with E-state index in [1.807, 2.05) is 97.3 Å². The van der Waals surface area contributed by atoms with Crippen molar-refractivity contribution in [3.05, 3.63) is 187 Å². The summed E-state index contributed by atoms with van der Waals surface area (Å²) in [5, 5.41) is 40.5. The van der Waals surface area contributed by atoms with Crippen LogP contribution in [0.5, 0.6) is 23.0 Å². The van der Waals surface area contributed by atoms with E-state index in [2.05, 4.69) is 44.7 Å². The molecule has 4 aliphatic carbocycles. The molecule has 0 bridgehead atoms. The van der Waals surface area contributed by atoms with E-state index in [0.717, 1.165) is 202 Å². The van der Waals surface area contributed by atoms with Crippen LogP contribution in [0.25, 0.3) is 16.6 Å². The largest absolute Gasteiger partial charge is 0.490 e. The third-order valence-electron chi connectivity index (χ3n) is 23.2. The topological polar surface area (TPSA) is 358 Å². The van der Waals surface area contributed by atoms with Crippen molar-refractivity contribution in [2.75, 3.05) is 75.4 Å². The van der Waals surface area contributed by atoms with Gasteiger partial charge in [-0.1, -0.05) is 130 Å². The van der Waals surface area contributed by atoms with Crippen LogP contribution in [0.3, 0.4) is 0 Å². The number of alkyl halides is 1. The Bertz CT molecular complexity index is 4420. The Labute approximate surface area is 743 Å². The van der Waals surface area contributed by atoms with E-state index in [4.69, 9.17) is 52.2 Å². The Morgan fingerprint density at radius 3 is 1.13 bits per heavy atom. The SMILES string of the molecule is CCI.CO.Cc1ccc(N)c(C(=O)O)c1.Cc1ccc2nc(C)n(-c3ccc(OC4CCN(C(=O)C5CCCCC5)CC4)cc3)c(=O)c2c1.Cl.Nc1ccc(OC2CCN(C(=O)C3CCCCC3)CC2)cc1.O=C(C1CCCCC1)N1CCC(Oc2ccc([N+](=O)[O-])cc2)CC1.O=C(Cl)C1CCCCC1.O=[N+]([O-])c1ccc(OC2CCNCC2)cc1. The fourth-order valence-corrected chi connectivity index (χ4v) is 16.7. The number of benzene rings is 6. The number of carbonyl (C=O) groups excluding carboxylic acids is 4. The Balaban J connectivity index is 0.000000208. The van der Waals surface area contributed by atoms with E-state index in [1.165, 1.54) is 106 Å². The van der Waals surface area contributed by atoms with Gasteiger partial charge in [0.2, 0.25) is 23.0 Å². The first-order valence-corrected chi connectivity index (χ1v) is 45.3. The maximum Gasteiger partial charge on any atom is 0.337 e. The van der Waals surface area contributed by atoms with Gasteiger partial charge in [-0.15, -0.1) is 12.4 Å². The molecule has 4 aliphatic heterocycles. The lowest BCUT2D eigenvalue weighted by atomic mass is 9.88. The number of nitro groups is 2. The summed E-state index contributed by atoms with van der Waals surface area (Å²) in [6, 6.07) is 38.3. The maximum atomic E-state index is 13.2. The molecule has 4 saturated carbocycles. The van der Waals surface area contributed by atoms with Gasteiger partial charge in [-0.3, -0.25) is 48.8 Å². The molecule has 8 fully saturated rings. The number of carboxylic acids is 1. The number of ether oxygens (including phenoxy) is 4. The average molecular weight is 1840 g/mol. The van der Waals surface area contributed by atoms with Crippen molar-refractivity contribution in [1.29, 1.82) is 0 Å². The Hall–Kier alpha value is -9.16. The smallest absolute Gasteiger partial charge is 0.337 e. The van der Waals surface area contributed by atoms with Gasteiger partial charge < -0.3 is 60.6 Å². The standard InChI is InChI=1S/C28H33N3O3.C18H24N2O4.C18H26N2O2.C11H14N2O3.C8H9NO2.C7H11ClO.C2H5I.CH4O.ClH/c1-19-8-13-26-25(18-19)28(33)31(20(2)29-26)22-9-11-23(12-10-22)34-24-14-16-30(17-15-24)27(32)21-6-4-3-5-7-21;21-18(14-4-2-1-3-5-14)19-12-10-17(11-13-19)24-16-8-6-15(7-9-16)20(22)23;19-15-6-8-16(9-7-15)22-17-10-12-20(13-11-17)18(21)14-4-2-1-3-5-14;14-13(15)9-1-3-10(4-2-9)16-11-5-7-12-8-6-11;1-5-2-3-7(9)6(4-5)8(10)11;8-7(9)6-4-2-1-3-5-6;1-2-3;1-2;/h8-13,18,21,24H,3-7,14-17H2,1-2H3;6-9,14,17H,1-5,10-13H2;6-9,14,17H,1-5,10-13,19H2;1-4,11-12H,5-8H2;2-4H,9H2,1H3,(H,10,11);6H,1-5H2;2H2,1H3;2H,1H3;1H. The van der Waals surface area contributed by atoms with Crippen molar-refractivity contribution < 1.29 is 63.0 Å². The lowest BCUT2D eigenvalue weighted by Crippen LogP contribution is -2.44. The number of aryl methyl sites for hydroxylation is 3. The molecular weight excluding hydrogens is 1710 g/mol. The van der Waals surface area contributed by atoms with Crippen LogP contribution in [0.4, 0.5) is 22.7 Å². The van der Waals surface area contributed by atoms with Gasteiger partial charge >= 0.3 is 5.97 Å². The first-order chi connectivity index (χ1) is 58.4. The number of rotatable bonds is 16. The van der Waals surface area contributed by atoms with Gasteiger partial charge in [0.25, 0.3) is 16.9 Å². The number of halogens is 3. The first kappa shape index (κ1) is 99.9. The van der Waals surface area contributed by atoms with Gasteiger partial charge in [0.15, 0.2) is 0 Å². The van der Waals surface area contributed by atoms with Crippen LogP contribution in [0.15, 0.2) is 138 Å². The predicted octanol–water partition coefficient (Wildman–Crippen LogP) is 18.5. The zero-order valence-corrected chi connectivity index (χ0v) is 75.3. The van der Waals surface area contributed by atoms with Gasteiger partial charge in [-0.05, 0) is 211 Å². The molecule has 0 spiro atoms. The number of nitro benzene ring substituents is 2. The molecule has 7 N–H and O–H groups in total. The summed E-state index contributed by atoms with van der Waals surface area (Å²) >= 11 is 7.61. The highest BCUT2D eigenvalue weighted by molar-refractivity contribution is 14.1. The monoisotopic (exact) mass is 1840 g/mol. The quantitative estimate of drug-likeness (QED) is 0.0150. The maximum absolute atomic E-state index is 13.2. The zero-order chi connectivity index (χ0) is 87.2. The van der Waals surface area contributed by atoms with E-state index in [0.29, 0.717) is 46.1 Å². The number of aliphatic hydroxyl groups excluding tert-OH is 1. The summed E-state index contributed by atoms with van der Waals surface area (Å²) in [4.78, 5) is 103. The second-order valence-electron chi connectivity index (χ2n) is 32.2. The summed E-state index contributed by atoms with van der Waals surface area (Å²) in [5.41, 5.74) is 15.9. The Kier molecular flexibility index (Phi) is 43.5. The van der Waals surface area contributed by atoms with E-state index >= 15 is 0 Å². The summed E-state index contributed by atoms with van der Waals surface area (Å²) in [7, 11) is 1.00. The molecule has 0 radical (unpaired) electrons. The Morgan fingerprint density at radius 1 is 0.484 bits per heavy atom. The number of fused-ring (bicyclic) bond motifs is 1. The number of likely N-dealkylation sites (tertiary alicyclic amines) is 3. The molecule has 15 rings (SSSR count). The number of non-ortho nitro benzene ring substituents is 2. The molecule has 29 heteroatoms. The molecule has 1 aromatic heterocycles. The molecule has 0 unspecified atom stereocenters. The van der Waals surface area contributed by atoms with Crippen LogP contribution in [0.1, 0.15) is 214 Å². The van der Waals surface area contributed by atoms with Crippen LogP contribution in [0.2, 0.25) is 0 Å². The summed E-state index contributed by atoms with van der Waals surface area (Å²) < 4.78 is 26.7. The van der Waals surface area contributed by atoms with E-state index in [-0.39, 0.29) is 88.2 Å². The number of aromatic carboxylic acids is 1. The highest BCUT2D eigenvalue weighted by atomic mass is 127. The number of carbonyl (C=O) groups is 5. The van der Waals surface area contributed by atoms with Crippen LogP contribution >= 0.6 is 46.6 Å². The zero-order valence-electron chi connectivity index (χ0n) is 71.5. The van der Waals surface area contributed by atoms with E-state index < -0.39 is 15.8 Å². The minimum atomic E-state index is -0.980. The van der Waals surface area contributed by atoms with Crippen LogP contribution in [-0.2, 0) is 19.2 Å². The molecule has 4 saturated heterocycles. The summed E-state index contributed by atoms with van der Waals surface area (Å²) in [6.07, 6.45) is 30.8. The average Bonchev–Trinajstić information content (AvgIpc) is 0.772. The van der Waals surface area contributed by atoms with Gasteiger partial charge in [0.1, 0.15) is 53.2 Å². The van der Waals surface area contributed by atoms with Crippen molar-refractivity contribution in [2.45, 2.75) is 232 Å². The second kappa shape index (κ2) is 53.1. The van der Waals surface area contributed by atoms with Crippen molar-refractivity contribution in [2.24, 2.45) is 23.7 Å². The summed E-state index contributed by atoms with van der Waals surface area (Å²) in [6.45, 7) is 14.4. The molecule has 0 atom stereocenters. The number of nitrogen functional groups attached to an aromatic ring is 2.